The zero-order valence-electron chi connectivity index (χ0n) is 14.7. The van der Waals surface area contributed by atoms with Gasteiger partial charge in [-0.05, 0) is 38.6 Å². The molecule has 1 atom stereocenters. The molecule has 2 aromatic heterocycles. The van der Waals surface area contributed by atoms with Crippen molar-refractivity contribution in [1.29, 1.82) is 0 Å². The van der Waals surface area contributed by atoms with Crippen molar-refractivity contribution in [2.75, 3.05) is 20.2 Å². The Hall–Kier alpha value is -1.96. The van der Waals surface area contributed by atoms with Crippen LogP contribution in [0.5, 0.6) is 6.01 Å². The molecular formula is C18H18Cl2FN5O. The van der Waals surface area contributed by atoms with Gasteiger partial charge in [-0.3, -0.25) is 0 Å². The van der Waals surface area contributed by atoms with Crippen LogP contribution in [0.3, 0.4) is 0 Å². The number of nitrogens with zero attached hydrogens (tertiary/aromatic N) is 5. The van der Waals surface area contributed by atoms with Crippen LogP contribution in [0, 0.1) is 5.82 Å². The van der Waals surface area contributed by atoms with Crippen LogP contribution in [0.25, 0.3) is 5.65 Å². The van der Waals surface area contributed by atoms with Crippen molar-refractivity contribution in [3.63, 3.8) is 0 Å². The molecule has 3 heterocycles. The van der Waals surface area contributed by atoms with Crippen molar-refractivity contribution in [2.45, 2.75) is 25.3 Å². The molecule has 0 radical (unpaired) electrons. The molecule has 27 heavy (non-hydrogen) atoms. The normalized spacial score (nSPS) is 17.7. The molecule has 1 aromatic carbocycles. The third kappa shape index (κ3) is 3.72. The minimum absolute atomic E-state index is 0.173. The summed E-state index contributed by atoms with van der Waals surface area (Å²) in [6.45, 7) is 1.55. The Morgan fingerprint density at radius 1 is 1.33 bits per heavy atom. The fourth-order valence-corrected chi connectivity index (χ4v) is 3.73. The van der Waals surface area contributed by atoms with E-state index < -0.39 is 0 Å². The highest BCUT2D eigenvalue weighted by molar-refractivity contribution is 6.32. The van der Waals surface area contributed by atoms with Gasteiger partial charge in [0, 0.05) is 23.0 Å². The van der Waals surface area contributed by atoms with Gasteiger partial charge in [0.1, 0.15) is 12.4 Å². The topological polar surface area (TPSA) is 55.5 Å². The van der Waals surface area contributed by atoms with Crippen molar-refractivity contribution < 1.29 is 9.13 Å². The molecule has 3 aromatic rings. The van der Waals surface area contributed by atoms with E-state index in [0.717, 1.165) is 19.4 Å². The molecule has 6 nitrogen and oxygen atoms in total. The van der Waals surface area contributed by atoms with E-state index in [1.807, 2.05) is 0 Å². The molecule has 142 valence electrons. The second-order valence-electron chi connectivity index (χ2n) is 6.63. The Kier molecular flexibility index (Phi) is 5.16. The first kappa shape index (κ1) is 18.4. The average molecular weight is 410 g/mol. The molecule has 1 aliphatic heterocycles. The number of likely N-dealkylation sites (tertiary alicyclic amines) is 1. The van der Waals surface area contributed by atoms with Crippen LogP contribution in [-0.4, -0.2) is 50.7 Å². The first-order valence-electron chi connectivity index (χ1n) is 8.69. The number of ether oxygens (including phenoxy) is 1. The van der Waals surface area contributed by atoms with Gasteiger partial charge in [-0.1, -0.05) is 29.3 Å². The van der Waals surface area contributed by atoms with Crippen LogP contribution in [-0.2, 0) is 6.42 Å². The van der Waals surface area contributed by atoms with Gasteiger partial charge in [-0.25, -0.2) is 13.9 Å². The summed E-state index contributed by atoms with van der Waals surface area (Å²) in [5.41, 5.74) is 1.42. The van der Waals surface area contributed by atoms with E-state index in [0.29, 0.717) is 34.6 Å². The van der Waals surface area contributed by atoms with Gasteiger partial charge in [-0.15, -0.1) is 5.10 Å². The number of imidazole rings is 1. The summed E-state index contributed by atoms with van der Waals surface area (Å²) in [6, 6.07) is 5.10. The van der Waals surface area contributed by atoms with Crippen LogP contribution in [0.1, 0.15) is 24.1 Å². The summed E-state index contributed by atoms with van der Waals surface area (Å²) < 4.78 is 21.4. The summed E-state index contributed by atoms with van der Waals surface area (Å²) in [5.74, 6) is -0.377. The van der Waals surface area contributed by atoms with Gasteiger partial charge in [0.15, 0.2) is 10.8 Å². The second-order valence-corrected chi connectivity index (χ2v) is 7.40. The number of halogens is 3. The standard InChI is InChI=1S/C18H18Cl2FN5O/c1-25-7-3-4-11(25)10-27-18-23-16(20)17-22-9-12(26(17)24-18)8-13-14(19)5-2-6-15(13)21/h2,5-6,9,11H,3-4,7-8,10H2,1H3/t11-/m0/s1. The van der Waals surface area contributed by atoms with E-state index in [1.165, 1.54) is 10.6 Å². The lowest BCUT2D eigenvalue weighted by molar-refractivity contribution is 0.185. The minimum Gasteiger partial charge on any atom is -0.461 e. The van der Waals surface area contributed by atoms with Crippen LogP contribution in [0.2, 0.25) is 10.2 Å². The second kappa shape index (κ2) is 7.58. The predicted octanol–water partition coefficient (Wildman–Crippen LogP) is 3.63. The molecule has 1 saturated heterocycles. The molecule has 0 N–H and O–H groups in total. The van der Waals surface area contributed by atoms with Gasteiger partial charge in [0.25, 0.3) is 0 Å². The highest BCUT2D eigenvalue weighted by atomic mass is 35.5. The zero-order valence-corrected chi connectivity index (χ0v) is 16.2. The van der Waals surface area contributed by atoms with E-state index in [9.17, 15) is 4.39 Å². The van der Waals surface area contributed by atoms with Gasteiger partial charge >= 0.3 is 6.01 Å². The lowest BCUT2D eigenvalue weighted by Crippen LogP contribution is -2.31. The Balaban J connectivity index is 1.62. The van der Waals surface area contributed by atoms with Crippen LogP contribution >= 0.6 is 23.2 Å². The molecular weight excluding hydrogens is 392 g/mol. The quantitative estimate of drug-likeness (QED) is 0.643. The monoisotopic (exact) mass is 409 g/mol. The van der Waals surface area contributed by atoms with Gasteiger partial charge in [0.2, 0.25) is 0 Å². The van der Waals surface area contributed by atoms with E-state index in [4.69, 9.17) is 27.9 Å². The number of likely N-dealkylation sites (N-methyl/N-ethyl adjacent to an activating group) is 1. The number of hydrogen-bond donors (Lipinski definition) is 0. The number of fused-ring (bicyclic) bond motifs is 1. The van der Waals surface area contributed by atoms with Crippen molar-refractivity contribution in [2.24, 2.45) is 0 Å². The molecule has 0 saturated carbocycles. The molecule has 0 unspecified atom stereocenters. The maximum Gasteiger partial charge on any atom is 0.335 e. The third-order valence-corrected chi connectivity index (χ3v) is 5.48. The lowest BCUT2D eigenvalue weighted by Gasteiger charge is -2.18. The summed E-state index contributed by atoms with van der Waals surface area (Å²) in [4.78, 5) is 10.7. The molecule has 9 heteroatoms. The fourth-order valence-electron chi connectivity index (χ4n) is 3.30. The fraction of sp³-hybridized carbons (Fsp3) is 0.389. The highest BCUT2D eigenvalue weighted by Crippen LogP contribution is 2.24. The minimum atomic E-state index is -0.377. The van der Waals surface area contributed by atoms with E-state index in [-0.39, 0.29) is 23.4 Å². The highest BCUT2D eigenvalue weighted by Gasteiger charge is 2.22. The van der Waals surface area contributed by atoms with E-state index in [2.05, 4.69) is 27.0 Å². The number of rotatable bonds is 5. The van der Waals surface area contributed by atoms with Crippen molar-refractivity contribution in [3.8, 4) is 6.01 Å². The smallest absolute Gasteiger partial charge is 0.335 e. The first-order valence-corrected chi connectivity index (χ1v) is 9.44. The Morgan fingerprint density at radius 3 is 2.93 bits per heavy atom. The molecule has 4 rings (SSSR count). The van der Waals surface area contributed by atoms with Crippen LogP contribution < -0.4 is 4.74 Å². The largest absolute Gasteiger partial charge is 0.461 e. The molecule has 0 spiro atoms. The lowest BCUT2D eigenvalue weighted by atomic mass is 10.1. The number of hydrogen-bond acceptors (Lipinski definition) is 5. The maximum absolute atomic E-state index is 14.1. The predicted molar refractivity (Wildman–Crippen MR) is 101 cm³/mol. The average Bonchev–Trinajstić information content (AvgIpc) is 3.23. The molecule has 1 fully saturated rings. The van der Waals surface area contributed by atoms with Crippen molar-refractivity contribution in [1.82, 2.24) is 24.5 Å². The van der Waals surface area contributed by atoms with Gasteiger partial charge in [-0.2, -0.15) is 4.98 Å². The van der Waals surface area contributed by atoms with E-state index >= 15 is 0 Å². The Labute approximate surface area is 165 Å². The summed E-state index contributed by atoms with van der Waals surface area (Å²) >= 11 is 12.4. The number of aromatic nitrogens is 4. The maximum atomic E-state index is 14.1. The Bertz CT molecular complexity index is 960. The number of benzene rings is 1. The third-order valence-electron chi connectivity index (χ3n) is 4.87. The van der Waals surface area contributed by atoms with Crippen molar-refractivity contribution in [3.05, 3.63) is 51.6 Å². The van der Waals surface area contributed by atoms with E-state index in [1.54, 1.807) is 18.3 Å². The Morgan fingerprint density at radius 2 is 2.19 bits per heavy atom. The molecule has 0 aliphatic carbocycles. The first-order chi connectivity index (χ1) is 13.0. The van der Waals surface area contributed by atoms with Gasteiger partial charge < -0.3 is 9.64 Å². The van der Waals surface area contributed by atoms with Crippen LogP contribution in [0.4, 0.5) is 4.39 Å². The zero-order chi connectivity index (χ0) is 19.0. The van der Waals surface area contributed by atoms with Gasteiger partial charge in [0.05, 0.1) is 11.9 Å². The summed E-state index contributed by atoms with van der Waals surface area (Å²) in [5, 5.41) is 4.93. The molecule has 0 amide bonds. The molecule has 0 bridgehead atoms. The van der Waals surface area contributed by atoms with Crippen LogP contribution in [0.15, 0.2) is 24.4 Å². The summed E-state index contributed by atoms with van der Waals surface area (Å²) in [6.07, 6.45) is 4.05. The SMILES string of the molecule is CN1CCC[C@H]1COc1nc(Cl)c2ncc(Cc3c(F)cccc3Cl)n2n1. The summed E-state index contributed by atoms with van der Waals surface area (Å²) in [7, 11) is 2.07. The van der Waals surface area contributed by atoms with Crippen molar-refractivity contribution >= 4 is 28.8 Å². The molecule has 1 aliphatic rings.